The third kappa shape index (κ3) is 49.7. The number of thioether (sulfide) groups is 1. The molecule has 1 heterocycles. The number of hydrogen-bond donors (Lipinski definition) is 31. The Balaban J connectivity index is 2.33. The van der Waals surface area contributed by atoms with Gasteiger partial charge in [-0.05, 0) is 153 Å². The fraction of sp³-hybridized carbons (Fsp3) is 0.640. The van der Waals surface area contributed by atoms with Crippen LogP contribution in [0, 0.1) is 28.6 Å². The number of nitrogens with two attached hydrogens (primary N) is 5. The Morgan fingerprint density at radius 1 is 0.410 bits per heavy atom. The van der Waals surface area contributed by atoms with Gasteiger partial charge in [-0.1, -0.05) is 78.3 Å². The van der Waals surface area contributed by atoms with Crippen LogP contribution in [0.1, 0.15) is 176 Å². The summed E-state index contributed by atoms with van der Waals surface area (Å²) in [6.07, 6.45) is 3.29. The number of thiol groups is 1. The van der Waals surface area contributed by atoms with E-state index in [1.807, 2.05) is 0 Å². The van der Waals surface area contributed by atoms with E-state index in [9.17, 15) is 111 Å². The summed E-state index contributed by atoms with van der Waals surface area (Å²) in [5, 5.41) is 91.3. The Kier molecular flexibility index (Phi) is 57.7. The van der Waals surface area contributed by atoms with Crippen LogP contribution in [0.5, 0.6) is 0 Å². The molecule has 0 aliphatic rings. The molecule has 0 unspecified atom stereocenters. The Morgan fingerprint density at radius 2 is 0.791 bits per heavy atom. The Hall–Kier alpha value is -13.0. The molecule has 1 aromatic heterocycles. The van der Waals surface area contributed by atoms with E-state index in [4.69, 9.17) is 39.5 Å². The van der Waals surface area contributed by atoms with E-state index in [-0.39, 0.29) is 114 Å². The van der Waals surface area contributed by atoms with Crippen molar-refractivity contribution in [2.45, 2.75) is 275 Å². The molecule has 1 aromatic carbocycles. The van der Waals surface area contributed by atoms with Crippen molar-refractivity contribution < 1.29 is 111 Å². The standard InChI is InChI=1S/C86H144N28O23S2/c1-44(2)34-58(81(133)112-62(84(136)137)38-67(119)120)104-65(116)41-98-74(126)61(37-51-39-94-43-99-51)110-77(129)55(25-19-32-96-86(92)93)107-76(128)54(23-15-17-30-88)106-79(131)57(28-33-139-10)105-71(123)49(9)101-69(121)47(7)100-70(122)48(8)102-80(132)59(35-45(3)4)109-78(130)56(26-27-66(117)118)108-82(134)63(42-138)113-75(127)53(24-18-31-95-85(90)91)103-64(115)40-97-73(125)60(36-50-20-12-11-13-21-50)111-83(135)68(46(5)6)114-72(124)52(89)22-14-16-29-87/h11-13,20-21,39,43-49,52-63,68,138H,14-19,22-38,40-42,87-89H2,1-10H3,(H,94,99)(H,97,125)(H,98,126)(H,100,122)(H,101,121)(H,102,132)(H,103,115)(H,104,116)(H,105,123)(H,106,131)(H,107,128)(H,108,134)(H,109,130)(H,110,129)(H,111,135)(H,112,133)(H,113,127)(H,114,124)(H,117,118)(H,119,120)(H,136,137)(H4,90,91,95)(H4,92,93,96)/t47-,48-,49-,52-,53-,54-,55+,56-,57-,58-,59-,60-,61-,62-,63-,68-/m0/s1. The number of hydrogen-bond acceptors (Lipinski definition) is 28. The smallest absolute Gasteiger partial charge is 0.326 e. The molecule has 2 aromatic rings. The zero-order valence-corrected chi connectivity index (χ0v) is 81.8. The molecular formula is C86H144N28O23S2. The summed E-state index contributed by atoms with van der Waals surface area (Å²) in [6.45, 7) is 12.8. The number of carboxylic acid groups (broad SMARTS) is 3. The summed E-state index contributed by atoms with van der Waals surface area (Å²) in [5.41, 5.74) is 29.4. The second-order valence-corrected chi connectivity index (χ2v) is 35.7. The lowest BCUT2D eigenvalue weighted by molar-refractivity contribution is -0.147. The van der Waals surface area contributed by atoms with Gasteiger partial charge < -0.3 is 150 Å². The molecule has 0 fully saturated rings. The van der Waals surface area contributed by atoms with Crippen molar-refractivity contribution in [2.24, 2.45) is 46.4 Å². The van der Waals surface area contributed by atoms with E-state index in [1.54, 1.807) is 78.1 Å². The minimum atomic E-state index is -1.85. The van der Waals surface area contributed by atoms with Crippen LogP contribution in [0.15, 0.2) is 42.9 Å². The summed E-state index contributed by atoms with van der Waals surface area (Å²) in [4.78, 5) is 279. The fourth-order valence-corrected chi connectivity index (χ4v) is 14.1. The van der Waals surface area contributed by atoms with Gasteiger partial charge in [0.05, 0.1) is 37.6 Å². The minimum absolute atomic E-state index is 0.00643. The third-order valence-electron chi connectivity index (χ3n) is 21.0. The first-order valence-electron chi connectivity index (χ1n) is 45.7. The van der Waals surface area contributed by atoms with E-state index >= 15 is 0 Å². The van der Waals surface area contributed by atoms with Crippen LogP contribution in [0.3, 0.4) is 0 Å². The molecule has 0 aliphatic carbocycles. The van der Waals surface area contributed by atoms with Gasteiger partial charge in [0, 0.05) is 44.3 Å². The van der Waals surface area contributed by atoms with Crippen LogP contribution in [-0.2, 0) is 109 Å². The second kappa shape index (κ2) is 65.7. The number of imidazole rings is 1. The van der Waals surface area contributed by atoms with Crippen molar-refractivity contribution in [1.82, 2.24) is 111 Å². The molecule has 16 atom stereocenters. The van der Waals surface area contributed by atoms with Crippen LogP contribution >= 0.6 is 24.4 Å². The molecule has 0 saturated heterocycles. The summed E-state index contributed by atoms with van der Waals surface area (Å²) in [7, 11) is 0. The van der Waals surface area contributed by atoms with Crippen LogP contribution in [0.25, 0.3) is 0 Å². The molecule has 17 amide bonds. The zero-order chi connectivity index (χ0) is 105. The van der Waals surface area contributed by atoms with Gasteiger partial charge in [-0.25, -0.2) is 9.78 Å². The highest BCUT2D eigenvalue weighted by Crippen LogP contribution is 2.16. The lowest BCUT2D eigenvalue weighted by Crippen LogP contribution is -2.60. The number of nitrogens with one attached hydrogen (secondary N) is 22. The first-order valence-corrected chi connectivity index (χ1v) is 47.8. The quantitative estimate of drug-likeness (QED) is 0.0127. The average molecular weight is 2000 g/mol. The molecule has 35 N–H and O–H groups in total. The van der Waals surface area contributed by atoms with Gasteiger partial charge in [0.2, 0.25) is 100 Å². The fourth-order valence-electron chi connectivity index (χ4n) is 13.4. The van der Waals surface area contributed by atoms with E-state index in [0.29, 0.717) is 37.8 Å². The molecular weight excluding hydrogens is 1860 g/mol. The van der Waals surface area contributed by atoms with E-state index in [1.165, 1.54) is 45.1 Å². The summed E-state index contributed by atoms with van der Waals surface area (Å²) < 4.78 is 0. The van der Waals surface area contributed by atoms with E-state index in [2.05, 4.69) is 124 Å². The maximum Gasteiger partial charge on any atom is 0.326 e. The van der Waals surface area contributed by atoms with Gasteiger partial charge in [-0.2, -0.15) is 24.4 Å². The second-order valence-electron chi connectivity index (χ2n) is 34.3. The summed E-state index contributed by atoms with van der Waals surface area (Å²) >= 11 is 5.55. The van der Waals surface area contributed by atoms with E-state index < -0.39 is 271 Å². The number of benzene rings is 1. The van der Waals surface area contributed by atoms with Crippen LogP contribution in [0.2, 0.25) is 0 Å². The predicted octanol–water partition coefficient (Wildman–Crippen LogP) is -7.27. The van der Waals surface area contributed by atoms with Gasteiger partial charge >= 0.3 is 17.9 Å². The summed E-state index contributed by atoms with van der Waals surface area (Å²) in [6, 6.07) is -14.6. The number of aliphatic carboxylic acids is 3. The van der Waals surface area contributed by atoms with Gasteiger partial charge in [0.1, 0.15) is 90.6 Å². The number of H-pyrrole nitrogens is 1. The number of amides is 17. The van der Waals surface area contributed by atoms with Crippen molar-refractivity contribution in [1.29, 1.82) is 10.8 Å². The van der Waals surface area contributed by atoms with Crippen molar-refractivity contribution in [3.8, 4) is 0 Å². The molecule has 0 spiro atoms. The highest BCUT2D eigenvalue weighted by atomic mass is 32.2. The molecule has 778 valence electrons. The van der Waals surface area contributed by atoms with E-state index in [0.717, 1.165) is 0 Å². The number of aromatic nitrogens is 2. The number of unbranched alkanes of at least 4 members (excludes halogenated alkanes) is 2. The monoisotopic (exact) mass is 2000 g/mol. The van der Waals surface area contributed by atoms with Crippen molar-refractivity contribution in [3.63, 3.8) is 0 Å². The minimum Gasteiger partial charge on any atom is -0.481 e. The molecule has 0 bridgehead atoms. The third-order valence-corrected chi connectivity index (χ3v) is 22.0. The Labute approximate surface area is 815 Å². The van der Waals surface area contributed by atoms with Crippen LogP contribution < -0.4 is 130 Å². The normalized spacial score (nSPS) is 14.5. The van der Waals surface area contributed by atoms with Gasteiger partial charge in [0.15, 0.2) is 11.9 Å². The van der Waals surface area contributed by atoms with Gasteiger partial charge in [-0.3, -0.25) is 102 Å². The lowest BCUT2D eigenvalue weighted by Gasteiger charge is -2.27. The maximum atomic E-state index is 14.6. The molecule has 0 aliphatic heterocycles. The van der Waals surface area contributed by atoms with Gasteiger partial charge in [0.25, 0.3) is 0 Å². The van der Waals surface area contributed by atoms with Crippen LogP contribution in [-0.4, -0.2) is 309 Å². The number of rotatable bonds is 69. The SMILES string of the molecule is CSCC[C@H](NC(=O)[C@H](C)NC(=O)[C@H](C)NC(=O)[C@H](C)NC(=O)[C@H](CC(C)C)NC(=O)[C@H](CCC(=O)O)NC(=O)[C@H](CS)NC(=O)[C@H](CCCNC(=N)N)NC(=O)CNC(=O)[C@H](Cc1ccccc1)NC(=O)[C@@H](NC(=O)[C@@H](N)CCCCN)C(C)C)C(=O)N[C@@H](CCCCN)C(=O)N[C@H](CCCNC(=N)N)C(=O)N[C@@H](Cc1c[nH]cn1)C(=O)NCC(=O)N[C@@H](CC(C)C)C(=O)N[C@@H](CC(=O)O)C(=O)O. The van der Waals surface area contributed by atoms with Crippen molar-refractivity contribution >= 4 is 155 Å². The Morgan fingerprint density at radius 3 is 1.23 bits per heavy atom. The van der Waals surface area contributed by atoms with Crippen LogP contribution in [0.4, 0.5) is 0 Å². The van der Waals surface area contributed by atoms with Gasteiger partial charge in [-0.15, -0.1) is 0 Å². The number of guanidine groups is 2. The molecule has 0 radical (unpaired) electrons. The molecule has 0 saturated carbocycles. The first-order chi connectivity index (χ1) is 65.5. The number of nitrogens with zero attached hydrogens (tertiary/aromatic N) is 1. The average Bonchev–Trinajstić information content (AvgIpc) is 1.85. The highest BCUT2D eigenvalue weighted by molar-refractivity contribution is 7.98. The first kappa shape index (κ1) is 122. The number of carbonyl (C=O) groups excluding carboxylic acids is 17. The number of carboxylic acids is 3. The molecule has 51 nitrogen and oxygen atoms in total. The number of aromatic amines is 1. The lowest BCUT2D eigenvalue weighted by atomic mass is 10.00. The highest BCUT2D eigenvalue weighted by Gasteiger charge is 2.39. The van der Waals surface area contributed by atoms with Crippen molar-refractivity contribution in [3.05, 3.63) is 54.1 Å². The number of carbonyl (C=O) groups is 20. The Bertz CT molecular complexity index is 4410. The molecule has 139 heavy (non-hydrogen) atoms. The van der Waals surface area contributed by atoms with Crippen molar-refractivity contribution in [2.75, 3.05) is 57.0 Å². The topological polar surface area (TPSA) is 837 Å². The molecule has 53 heteroatoms. The zero-order valence-electron chi connectivity index (χ0n) is 80.1. The predicted molar refractivity (Wildman–Crippen MR) is 514 cm³/mol. The molecule has 2 rings (SSSR count). The largest absolute Gasteiger partial charge is 0.481 e. The maximum absolute atomic E-state index is 14.6. The summed E-state index contributed by atoms with van der Waals surface area (Å²) in [5.74, 6) is -22.5.